The molecule has 0 saturated carbocycles. The largest absolute Gasteiger partial charge is 0.450 e. The van der Waals surface area contributed by atoms with Gasteiger partial charge in [-0.3, -0.25) is 10.3 Å². The fourth-order valence-electron chi connectivity index (χ4n) is 1.28. The lowest BCUT2D eigenvalue weighted by molar-refractivity contribution is 0.158. The summed E-state index contributed by atoms with van der Waals surface area (Å²) in [5.41, 5.74) is 0. The maximum Gasteiger partial charge on any atom is 0.412 e. The minimum absolute atomic E-state index is 0.295. The van der Waals surface area contributed by atoms with Gasteiger partial charge in [-0.2, -0.15) is 0 Å². The highest BCUT2D eigenvalue weighted by atomic mass is 35.5. The molecule has 0 aliphatic carbocycles. The van der Waals surface area contributed by atoms with Gasteiger partial charge in [0.05, 0.1) is 11.6 Å². The molecule has 2 heterocycles. The van der Waals surface area contributed by atoms with Crippen LogP contribution in [0.4, 0.5) is 4.79 Å². The quantitative estimate of drug-likeness (QED) is 0.745. The van der Waals surface area contributed by atoms with Crippen LogP contribution in [0.3, 0.4) is 0 Å². The van der Waals surface area contributed by atoms with E-state index in [1.165, 1.54) is 12.4 Å². The first-order valence-corrected chi connectivity index (χ1v) is 5.07. The van der Waals surface area contributed by atoms with Gasteiger partial charge < -0.3 is 4.74 Å². The van der Waals surface area contributed by atoms with Gasteiger partial charge in [-0.25, -0.2) is 14.8 Å². The lowest BCUT2D eigenvalue weighted by Crippen LogP contribution is -2.34. The van der Waals surface area contributed by atoms with E-state index in [2.05, 4.69) is 20.3 Å². The van der Waals surface area contributed by atoms with Crippen LogP contribution < -0.4 is 5.32 Å². The second-order valence-electron chi connectivity index (χ2n) is 3.03. The van der Waals surface area contributed by atoms with Crippen molar-refractivity contribution >= 4 is 35.7 Å². The van der Waals surface area contributed by atoms with Crippen LogP contribution in [-0.4, -0.2) is 36.8 Å². The highest BCUT2D eigenvalue weighted by molar-refractivity contribution is 6.36. The van der Waals surface area contributed by atoms with Crippen LogP contribution in [0.1, 0.15) is 6.92 Å². The van der Waals surface area contributed by atoms with Gasteiger partial charge in [0, 0.05) is 0 Å². The van der Waals surface area contributed by atoms with E-state index in [1.807, 2.05) is 0 Å². The summed E-state index contributed by atoms with van der Waals surface area (Å²) in [5, 5.41) is 2.92. The fourth-order valence-corrected chi connectivity index (χ4v) is 1.54. The predicted molar refractivity (Wildman–Crippen MR) is 61.2 cm³/mol. The third-order valence-corrected chi connectivity index (χ3v) is 2.24. The Bertz CT molecular complexity index is 439. The van der Waals surface area contributed by atoms with Gasteiger partial charge in [0.15, 0.2) is 5.84 Å². The van der Waals surface area contributed by atoms with Gasteiger partial charge in [0.25, 0.3) is 0 Å². The van der Waals surface area contributed by atoms with Crippen molar-refractivity contribution in [3.8, 4) is 0 Å². The van der Waals surface area contributed by atoms with Crippen molar-refractivity contribution in [2.24, 2.45) is 15.0 Å². The molecule has 0 spiro atoms. The Hall–Kier alpha value is -1.69. The van der Waals surface area contributed by atoms with Gasteiger partial charge >= 0.3 is 6.09 Å². The summed E-state index contributed by atoms with van der Waals surface area (Å²) in [6, 6.07) is -0.325. The molecule has 1 N–H and O–H groups in total. The number of amides is 1. The number of hydrogen-bond acceptors (Lipinski definition) is 5. The molecule has 7 heteroatoms. The van der Waals surface area contributed by atoms with E-state index < -0.39 is 6.09 Å². The number of carbonyl (C=O) groups is 1. The van der Waals surface area contributed by atoms with Crippen molar-refractivity contribution < 1.29 is 9.53 Å². The Kier molecular flexibility index (Phi) is 3.00. The highest BCUT2D eigenvalue weighted by Gasteiger charge is 2.26. The van der Waals surface area contributed by atoms with E-state index in [4.69, 9.17) is 16.3 Å². The number of nitrogens with one attached hydrogen (secondary N) is 1. The van der Waals surface area contributed by atoms with E-state index >= 15 is 0 Å². The molecule has 0 bridgehead atoms. The van der Waals surface area contributed by atoms with Crippen LogP contribution in [0.25, 0.3) is 0 Å². The number of rotatable bonds is 1. The van der Waals surface area contributed by atoms with Crippen molar-refractivity contribution in [2.45, 2.75) is 13.0 Å². The molecule has 84 valence electrons. The number of carbonyl (C=O) groups excluding carboxylic acids is 1. The van der Waals surface area contributed by atoms with Crippen LogP contribution in [0.5, 0.6) is 0 Å². The lowest BCUT2D eigenvalue weighted by Gasteiger charge is -2.14. The molecule has 1 unspecified atom stereocenters. The zero-order chi connectivity index (χ0) is 11.5. The van der Waals surface area contributed by atoms with E-state index in [0.29, 0.717) is 23.3 Å². The maximum atomic E-state index is 11.2. The number of aliphatic imine (C=N–C) groups is 3. The number of hydrogen-bond donors (Lipinski definition) is 1. The number of amidine groups is 2. The van der Waals surface area contributed by atoms with E-state index in [1.54, 1.807) is 6.92 Å². The summed E-state index contributed by atoms with van der Waals surface area (Å²) in [7, 11) is 0. The van der Waals surface area contributed by atoms with Crippen LogP contribution >= 0.6 is 11.6 Å². The minimum atomic E-state index is -0.570. The van der Waals surface area contributed by atoms with Crippen LogP contribution in [-0.2, 0) is 4.74 Å². The minimum Gasteiger partial charge on any atom is -0.450 e. The van der Waals surface area contributed by atoms with Crippen LogP contribution in [0.15, 0.2) is 26.1 Å². The zero-order valence-electron chi connectivity index (χ0n) is 8.48. The number of halogens is 1. The first kappa shape index (κ1) is 10.8. The van der Waals surface area contributed by atoms with Crippen LogP contribution in [0, 0.1) is 0 Å². The Morgan fingerprint density at radius 1 is 1.69 bits per heavy atom. The van der Waals surface area contributed by atoms with Gasteiger partial charge in [-0.05, 0) is 13.0 Å². The molecule has 0 aromatic carbocycles. The molecule has 1 amide bonds. The molecule has 2 rings (SSSR count). The molecular formula is C9H9ClN4O2. The average Bonchev–Trinajstić information content (AvgIpc) is 2.66. The third kappa shape index (κ3) is 2.11. The summed E-state index contributed by atoms with van der Waals surface area (Å²) in [5.74, 6) is 0.781. The average molecular weight is 241 g/mol. The summed E-state index contributed by atoms with van der Waals surface area (Å²) in [6.45, 7) is 2.01. The number of alkyl carbamates (subject to hydrolysis) is 1. The van der Waals surface area contributed by atoms with E-state index in [0.717, 1.165) is 0 Å². The van der Waals surface area contributed by atoms with E-state index in [-0.39, 0.29) is 6.04 Å². The Labute approximate surface area is 96.8 Å². The Balaban J connectivity index is 2.10. The smallest absolute Gasteiger partial charge is 0.412 e. The third-order valence-electron chi connectivity index (χ3n) is 1.93. The fraction of sp³-hybridized carbons (Fsp3) is 0.333. The maximum absolute atomic E-state index is 11.2. The molecule has 16 heavy (non-hydrogen) atoms. The number of ether oxygens (including phenoxy) is 1. The molecule has 0 aromatic heterocycles. The first-order chi connectivity index (χ1) is 7.70. The standard InChI is InChI=1S/C9H9ClN4O2/c1-2-16-9(15)14-6-3-5(10)7-8(13-6)12-4-11-7/h3-4,7H,2H2,1H3,(H,11,12,13,14,15). The Morgan fingerprint density at radius 3 is 3.25 bits per heavy atom. The first-order valence-electron chi connectivity index (χ1n) is 4.69. The summed E-state index contributed by atoms with van der Waals surface area (Å²) in [6.07, 6.45) is 2.36. The lowest BCUT2D eigenvalue weighted by atomic mass is 10.2. The summed E-state index contributed by atoms with van der Waals surface area (Å²) >= 11 is 5.97. The molecular weight excluding hydrogens is 232 g/mol. The van der Waals surface area contributed by atoms with Crippen LogP contribution in [0.2, 0.25) is 0 Å². The zero-order valence-corrected chi connectivity index (χ0v) is 9.23. The van der Waals surface area contributed by atoms with Gasteiger partial charge in [0.2, 0.25) is 0 Å². The Morgan fingerprint density at radius 2 is 2.50 bits per heavy atom. The van der Waals surface area contributed by atoms with Gasteiger partial charge in [-0.15, -0.1) is 0 Å². The number of fused-ring (bicyclic) bond motifs is 1. The molecule has 1 atom stereocenters. The number of nitrogens with zero attached hydrogens (tertiary/aromatic N) is 3. The van der Waals surface area contributed by atoms with Gasteiger partial charge in [0.1, 0.15) is 18.2 Å². The molecule has 0 radical (unpaired) electrons. The molecule has 2 aliphatic heterocycles. The van der Waals surface area contributed by atoms with Crippen molar-refractivity contribution in [3.05, 3.63) is 11.1 Å². The normalized spacial score (nSPS) is 21.9. The van der Waals surface area contributed by atoms with Crippen molar-refractivity contribution in [3.63, 3.8) is 0 Å². The second kappa shape index (κ2) is 4.44. The second-order valence-corrected chi connectivity index (χ2v) is 3.46. The summed E-state index contributed by atoms with van der Waals surface area (Å²) < 4.78 is 4.72. The summed E-state index contributed by atoms with van der Waals surface area (Å²) in [4.78, 5) is 23.2. The van der Waals surface area contributed by atoms with Crippen molar-refractivity contribution in [1.29, 1.82) is 0 Å². The highest BCUT2D eigenvalue weighted by Crippen LogP contribution is 2.20. The molecule has 0 saturated heterocycles. The predicted octanol–water partition coefficient (Wildman–Crippen LogP) is 1.08. The monoisotopic (exact) mass is 240 g/mol. The molecule has 6 nitrogen and oxygen atoms in total. The van der Waals surface area contributed by atoms with Gasteiger partial charge in [-0.1, -0.05) is 11.6 Å². The van der Waals surface area contributed by atoms with E-state index in [9.17, 15) is 4.79 Å². The number of dihydropyridines is 1. The topological polar surface area (TPSA) is 75.4 Å². The SMILES string of the molecule is CCOC(=O)NC1=NC2=NC=NC2C(Cl)=C1. The van der Waals surface area contributed by atoms with Crippen molar-refractivity contribution in [1.82, 2.24) is 5.32 Å². The molecule has 0 aromatic rings. The van der Waals surface area contributed by atoms with Crippen molar-refractivity contribution in [2.75, 3.05) is 6.61 Å². The molecule has 0 fully saturated rings. The molecule has 2 aliphatic rings.